The Labute approximate surface area is 107 Å². The summed E-state index contributed by atoms with van der Waals surface area (Å²) < 4.78 is 13.8. The number of nitrogens with one attached hydrogen (secondary N) is 1. The zero-order chi connectivity index (χ0) is 12.5. The van der Waals surface area contributed by atoms with E-state index in [-0.39, 0.29) is 11.4 Å². The first-order valence-corrected chi connectivity index (χ1v) is 6.60. The van der Waals surface area contributed by atoms with E-state index in [1.165, 1.54) is 12.5 Å². The highest BCUT2D eigenvalue weighted by Crippen LogP contribution is 2.32. The van der Waals surface area contributed by atoms with Gasteiger partial charge in [0.25, 0.3) is 0 Å². The fourth-order valence-corrected chi connectivity index (χ4v) is 2.89. The van der Waals surface area contributed by atoms with Crippen molar-refractivity contribution in [1.29, 1.82) is 0 Å². The predicted octanol–water partition coefficient (Wildman–Crippen LogP) is 3.80. The minimum absolute atomic E-state index is 0.0333. The molecule has 2 rings (SSSR count). The molecule has 0 aliphatic carbocycles. The molecule has 1 unspecified atom stereocenters. The molecule has 1 atom stereocenters. The van der Waals surface area contributed by atoms with Crippen LogP contribution in [0.5, 0.6) is 0 Å². The summed E-state index contributed by atoms with van der Waals surface area (Å²) in [6.45, 7) is 5.42. The Bertz CT molecular complexity index is 397. The highest BCUT2D eigenvalue weighted by atomic mass is 35.5. The third-order valence-electron chi connectivity index (χ3n) is 3.90. The minimum Gasteiger partial charge on any atom is -0.311 e. The Kier molecular flexibility index (Phi) is 3.74. The van der Waals surface area contributed by atoms with Crippen LogP contribution >= 0.6 is 11.6 Å². The van der Waals surface area contributed by atoms with Crippen LogP contribution in [0.3, 0.4) is 0 Å². The van der Waals surface area contributed by atoms with Crippen molar-refractivity contribution >= 4 is 11.6 Å². The van der Waals surface area contributed by atoms with Crippen LogP contribution in [0.4, 0.5) is 4.39 Å². The molecule has 0 spiro atoms. The molecule has 1 nitrogen and oxygen atoms in total. The molecule has 1 aromatic rings. The van der Waals surface area contributed by atoms with Gasteiger partial charge in [-0.2, -0.15) is 0 Å². The summed E-state index contributed by atoms with van der Waals surface area (Å²) in [6, 6.07) is 4.81. The lowest BCUT2D eigenvalue weighted by Crippen LogP contribution is -2.46. The van der Waals surface area contributed by atoms with E-state index in [4.69, 9.17) is 11.6 Å². The Balaban J connectivity index is 2.26. The van der Waals surface area contributed by atoms with Crippen LogP contribution in [0, 0.1) is 11.7 Å². The molecule has 1 aliphatic heterocycles. The standard InChI is InChI=1S/C14H19ClFN/c1-10(2)14(6-3-7-17-14)9-11-8-12(15)4-5-13(11)16/h4-5,8,10,17H,3,6-7,9H2,1-2H3. The molecule has 94 valence electrons. The van der Waals surface area contributed by atoms with E-state index in [0.717, 1.165) is 24.9 Å². The summed E-state index contributed by atoms with van der Waals surface area (Å²) in [7, 11) is 0. The van der Waals surface area contributed by atoms with E-state index in [2.05, 4.69) is 19.2 Å². The Morgan fingerprint density at radius 3 is 2.82 bits per heavy atom. The minimum atomic E-state index is -0.150. The lowest BCUT2D eigenvalue weighted by atomic mass is 9.79. The Hall–Kier alpha value is -0.600. The van der Waals surface area contributed by atoms with Crippen molar-refractivity contribution in [2.24, 2.45) is 5.92 Å². The number of benzene rings is 1. The van der Waals surface area contributed by atoms with Crippen molar-refractivity contribution in [3.63, 3.8) is 0 Å². The highest BCUT2D eigenvalue weighted by Gasteiger charge is 2.37. The molecular formula is C14H19ClFN. The van der Waals surface area contributed by atoms with Gasteiger partial charge < -0.3 is 5.32 Å². The fraction of sp³-hybridized carbons (Fsp3) is 0.571. The summed E-state index contributed by atoms with van der Waals surface area (Å²) in [5, 5.41) is 4.16. The second kappa shape index (κ2) is 4.95. The molecule has 1 heterocycles. The van der Waals surface area contributed by atoms with Crippen molar-refractivity contribution in [2.45, 2.75) is 38.6 Å². The van der Waals surface area contributed by atoms with Gasteiger partial charge in [0.15, 0.2) is 0 Å². The van der Waals surface area contributed by atoms with Crippen LogP contribution in [-0.2, 0) is 6.42 Å². The van der Waals surface area contributed by atoms with Gasteiger partial charge in [0.1, 0.15) is 5.82 Å². The molecule has 1 saturated heterocycles. The van der Waals surface area contributed by atoms with Crippen molar-refractivity contribution in [2.75, 3.05) is 6.54 Å². The summed E-state index contributed by atoms with van der Waals surface area (Å²) in [5.74, 6) is 0.339. The van der Waals surface area contributed by atoms with Crippen molar-refractivity contribution in [3.05, 3.63) is 34.6 Å². The lowest BCUT2D eigenvalue weighted by molar-refractivity contribution is 0.266. The molecule has 0 saturated carbocycles. The Morgan fingerprint density at radius 1 is 1.47 bits per heavy atom. The molecule has 0 amide bonds. The molecular weight excluding hydrogens is 237 g/mol. The monoisotopic (exact) mass is 255 g/mol. The predicted molar refractivity (Wildman–Crippen MR) is 69.9 cm³/mol. The number of halogens is 2. The number of hydrogen-bond donors (Lipinski definition) is 1. The first-order chi connectivity index (χ1) is 8.03. The topological polar surface area (TPSA) is 12.0 Å². The van der Waals surface area contributed by atoms with Gasteiger partial charge in [-0.25, -0.2) is 4.39 Å². The third-order valence-corrected chi connectivity index (χ3v) is 4.13. The average molecular weight is 256 g/mol. The highest BCUT2D eigenvalue weighted by molar-refractivity contribution is 6.30. The van der Waals surface area contributed by atoms with Crippen LogP contribution in [0.2, 0.25) is 5.02 Å². The molecule has 0 aromatic heterocycles. The van der Waals surface area contributed by atoms with E-state index in [0.29, 0.717) is 10.9 Å². The molecule has 1 aromatic carbocycles. The SMILES string of the molecule is CC(C)C1(Cc2cc(Cl)ccc2F)CCCN1. The van der Waals surface area contributed by atoms with E-state index >= 15 is 0 Å². The lowest BCUT2D eigenvalue weighted by Gasteiger charge is -2.34. The molecule has 17 heavy (non-hydrogen) atoms. The van der Waals surface area contributed by atoms with Crippen LogP contribution in [0.15, 0.2) is 18.2 Å². The summed E-state index contributed by atoms with van der Waals surface area (Å²) in [6.07, 6.45) is 2.99. The van der Waals surface area contributed by atoms with E-state index in [9.17, 15) is 4.39 Å². The van der Waals surface area contributed by atoms with Gasteiger partial charge in [-0.3, -0.25) is 0 Å². The summed E-state index contributed by atoms with van der Waals surface area (Å²) in [5.41, 5.74) is 0.756. The maximum absolute atomic E-state index is 13.8. The van der Waals surface area contributed by atoms with Crippen LogP contribution < -0.4 is 5.32 Å². The second-order valence-corrected chi connectivity index (χ2v) is 5.69. The molecule has 0 bridgehead atoms. The van der Waals surface area contributed by atoms with E-state index in [1.54, 1.807) is 12.1 Å². The van der Waals surface area contributed by atoms with Gasteiger partial charge in [0.2, 0.25) is 0 Å². The molecule has 0 radical (unpaired) electrons. The van der Waals surface area contributed by atoms with Gasteiger partial charge in [0, 0.05) is 10.6 Å². The fourth-order valence-electron chi connectivity index (χ4n) is 2.70. The Morgan fingerprint density at radius 2 is 2.24 bits per heavy atom. The smallest absolute Gasteiger partial charge is 0.126 e. The number of rotatable bonds is 3. The summed E-state index contributed by atoms with van der Waals surface area (Å²) in [4.78, 5) is 0. The first-order valence-electron chi connectivity index (χ1n) is 6.22. The molecule has 1 aliphatic rings. The van der Waals surface area contributed by atoms with E-state index < -0.39 is 0 Å². The third kappa shape index (κ3) is 2.63. The first kappa shape index (κ1) is 12.8. The van der Waals surface area contributed by atoms with Gasteiger partial charge in [-0.15, -0.1) is 0 Å². The molecule has 1 fully saturated rings. The van der Waals surface area contributed by atoms with Gasteiger partial charge in [-0.05, 0) is 55.5 Å². The van der Waals surface area contributed by atoms with Gasteiger partial charge in [0.05, 0.1) is 0 Å². The average Bonchev–Trinajstić information content (AvgIpc) is 2.73. The molecule has 3 heteroatoms. The van der Waals surface area contributed by atoms with Gasteiger partial charge in [-0.1, -0.05) is 25.4 Å². The maximum Gasteiger partial charge on any atom is 0.126 e. The van der Waals surface area contributed by atoms with Crippen molar-refractivity contribution in [1.82, 2.24) is 5.32 Å². The largest absolute Gasteiger partial charge is 0.311 e. The van der Waals surface area contributed by atoms with E-state index in [1.807, 2.05) is 0 Å². The molecule has 1 N–H and O–H groups in total. The van der Waals surface area contributed by atoms with Crippen LogP contribution in [0.1, 0.15) is 32.3 Å². The zero-order valence-corrected chi connectivity index (χ0v) is 11.1. The van der Waals surface area contributed by atoms with Crippen LogP contribution in [0.25, 0.3) is 0 Å². The normalized spacial score (nSPS) is 24.5. The maximum atomic E-state index is 13.8. The van der Waals surface area contributed by atoms with Crippen molar-refractivity contribution < 1.29 is 4.39 Å². The van der Waals surface area contributed by atoms with Crippen LogP contribution in [-0.4, -0.2) is 12.1 Å². The number of hydrogen-bond acceptors (Lipinski definition) is 1. The second-order valence-electron chi connectivity index (χ2n) is 5.25. The quantitative estimate of drug-likeness (QED) is 0.866. The zero-order valence-electron chi connectivity index (χ0n) is 10.4. The van der Waals surface area contributed by atoms with Gasteiger partial charge >= 0.3 is 0 Å². The van der Waals surface area contributed by atoms with Crippen molar-refractivity contribution in [3.8, 4) is 0 Å². The summed E-state index contributed by atoms with van der Waals surface area (Å²) >= 11 is 5.94.